The second-order valence-corrected chi connectivity index (χ2v) is 3.93. The molecule has 0 unspecified atom stereocenters. The number of rotatable bonds is 4. The molecule has 68 valence electrons. The highest BCUT2D eigenvalue weighted by atomic mass is 16.6. The molecule has 0 amide bonds. The number of ketones is 1. The Labute approximate surface area is 72.6 Å². The number of hydrogen-bond donors (Lipinski definition) is 1. The van der Waals surface area contributed by atoms with E-state index >= 15 is 0 Å². The summed E-state index contributed by atoms with van der Waals surface area (Å²) >= 11 is 0. The van der Waals surface area contributed by atoms with E-state index in [4.69, 9.17) is 10.1 Å². The molecule has 0 aromatic heterocycles. The van der Waals surface area contributed by atoms with Gasteiger partial charge in [0.15, 0.2) is 5.60 Å². The molecule has 1 aliphatic rings. The predicted molar refractivity (Wildman–Crippen MR) is 46.5 cm³/mol. The number of Topliss-reactive ketones (excluding diaryl/α,β-unsaturated/α-hetero) is 1. The Bertz CT molecular complexity index is 217. The van der Waals surface area contributed by atoms with Crippen molar-refractivity contribution >= 4 is 11.5 Å². The van der Waals surface area contributed by atoms with Gasteiger partial charge in [-0.3, -0.25) is 4.79 Å². The summed E-state index contributed by atoms with van der Waals surface area (Å²) in [5.74, 6) is 0.222. The van der Waals surface area contributed by atoms with Gasteiger partial charge in [0.05, 0.1) is 12.3 Å². The Morgan fingerprint density at radius 3 is 2.50 bits per heavy atom. The molecular weight excluding hydrogens is 154 g/mol. The third-order valence-corrected chi connectivity index (χ3v) is 1.94. The van der Waals surface area contributed by atoms with E-state index in [0.717, 1.165) is 0 Å². The van der Waals surface area contributed by atoms with Crippen molar-refractivity contribution in [2.75, 3.05) is 6.61 Å². The van der Waals surface area contributed by atoms with Crippen LogP contribution >= 0.6 is 0 Å². The van der Waals surface area contributed by atoms with E-state index in [1.165, 1.54) is 0 Å². The van der Waals surface area contributed by atoms with E-state index in [2.05, 4.69) is 0 Å². The van der Waals surface area contributed by atoms with E-state index in [1.807, 2.05) is 13.8 Å². The number of carbonyl (C=O) groups excluding carboxylic acids is 1. The standard InChI is InChI=1S/C9H15NO2/c1-6(2)4-7(10)8(11)9(3)5-12-9/h6,10H,4-5H2,1-3H3/t9-/m1/s1. The maximum atomic E-state index is 11.4. The summed E-state index contributed by atoms with van der Waals surface area (Å²) in [6.07, 6.45) is 0.553. The van der Waals surface area contributed by atoms with Gasteiger partial charge in [-0.25, -0.2) is 0 Å². The summed E-state index contributed by atoms with van der Waals surface area (Å²) < 4.78 is 4.97. The van der Waals surface area contributed by atoms with Crippen LogP contribution in [0.2, 0.25) is 0 Å². The Kier molecular flexibility index (Phi) is 2.33. The van der Waals surface area contributed by atoms with Crippen LogP contribution in [-0.2, 0) is 9.53 Å². The average Bonchev–Trinajstić information content (AvgIpc) is 2.66. The summed E-state index contributed by atoms with van der Waals surface area (Å²) in [4.78, 5) is 11.4. The highest BCUT2D eigenvalue weighted by molar-refractivity contribution is 6.42. The van der Waals surface area contributed by atoms with Gasteiger partial charge in [0, 0.05) is 0 Å². The van der Waals surface area contributed by atoms with Gasteiger partial charge in [-0.1, -0.05) is 13.8 Å². The van der Waals surface area contributed by atoms with Crippen LogP contribution in [-0.4, -0.2) is 23.7 Å². The lowest BCUT2D eigenvalue weighted by atomic mass is 9.97. The molecule has 1 N–H and O–H groups in total. The minimum absolute atomic E-state index is 0.142. The van der Waals surface area contributed by atoms with Crippen LogP contribution in [0, 0.1) is 11.3 Å². The molecule has 0 aromatic carbocycles. The molecule has 1 rings (SSSR count). The molecule has 1 heterocycles. The minimum Gasteiger partial charge on any atom is -0.361 e. The molecule has 12 heavy (non-hydrogen) atoms. The van der Waals surface area contributed by atoms with Crippen molar-refractivity contribution in [3.8, 4) is 0 Å². The molecule has 1 atom stereocenters. The van der Waals surface area contributed by atoms with Crippen molar-refractivity contribution in [3.05, 3.63) is 0 Å². The SMILES string of the molecule is CC(C)CC(=N)C(=O)[C@@]1(C)CO1. The van der Waals surface area contributed by atoms with E-state index in [1.54, 1.807) is 6.92 Å². The summed E-state index contributed by atoms with van der Waals surface area (Å²) in [5, 5.41) is 7.49. The monoisotopic (exact) mass is 169 g/mol. The first-order chi connectivity index (χ1) is 5.46. The largest absolute Gasteiger partial charge is 0.361 e. The molecule has 3 heteroatoms. The molecule has 0 aromatic rings. The first-order valence-corrected chi connectivity index (χ1v) is 4.22. The number of epoxide rings is 1. The number of nitrogens with one attached hydrogen (secondary N) is 1. The van der Waals surface area contributed by atoms with Gasteiger partial charge in [0.2, 0.25) is 5.78 Å². The smallest absolute Gasteiger partial charge is 0.210 e. The fourth-order valence-electron chi connectivity index (χ4n) is 1.06. The lowest BCUT2D eigenvalue weighted by Gasteiger charge is -2.07. The molecule has 0 bridgehead atoms. The highest BCUT2D eigenvalue weighted by Gasteiger charge is 2.48. The van der Waals surface area contributed by atoms with Gasteiger partial charge < -0.3 is 10.1 Å². The molecular formula is C9H15NO2. The van der Waals surface area contributed by atoms with Gasteiger partial charge >= 0.3 is 0 Å². The van der Waals surface area contributed by atoms with Gasteiger partial charge in [0.25, 0.3) is 0 Å². The van der Waals surface area contributed by atoms with Crippen LogP contribution in [0.3, 0.4) is 0 Å². The molecule has 0 aliphatic carbocycles. The Hall–Kier alpha value is -0.700. The molecule has 1 saturated heterocycles. The van der Waals surface area contributed by atoms with Gasteiger partial charge in [-0.2, -0.15) is 0 Å². The first kappa shape index (κ1) is 9.39. The fraction of sp³-hybridized carbons (Fsp3) is 0.778. The van der Waals surface area contributed by atoms with Gasteiger partial charge in [-0.05, 0) is 19.3 Å². The van der Waals surface area contributed by atoms with Crippen LogP contribution in [0.4, 0.5) is 0 Å². The minimum atomic E-state index is -0.647. The molecule has 0 saturated carbocycles. The summed E-state index contributed by atoms with van der Waals surface area (Å²) in [7, 11) is 0. The van der Waals surface area contributed by atoms with E-state index < -0.39 is 5.60 Å². The highest BCUT2D eigenvalue weighted by Crippen LogP contribution is 2.28. The summed E-state index contributed by atoms with van der Waals surface area (Å²) in [5.41, 5.74) is -0.448. The maximum absolute atomic E-state index is 11.4. The quantitative estimate of drug-likeness (QED) is 0.511. The third-order valence-electron chi connectivity index (χ3n) is 1.94. The van der Waals surface area contributed by atoms with Crippen molar-refractivity contribution in [2.45, 2.75) is 32.8 Å². The lowest BCUT2D eigenvalue weighted by molar-refractivity contribution is -0.117. The predicted octanol–water partition coefficient (Wildman–Crippen LogP) is 1.41. The lowest BCUT2D eigenvalue weighted by Crippen LogP contribution is -2.29. The van der Waals surface area contributed by atoms with Crippen molar-refractivity contribution in [1.82, 2.24) is 0 Å². The van der Waals surface area contributed by atoms with Crippen LogP contribution in [0.1, 0.15) is 27.2 Å². The average molecular weight is 169 g/mol. The van der Waals surface area contributed by atoms with Gasteiger partial charge in [-0.15, -0.1) is 0 Å². The van der Waals surface area contributed by atoms with Crippen LogP contribution in [0.15, 0.2) is 0 Å². The second kappa shape index (κ2) is 2.98. The van der Waals surface area contributed by atoms with E-state index in [0.29, 0.717) is 18.9 Å². The summed E-state index contributed by atoms with van der Waals surface area (Å²) in [6, 6.07) is 0. The molecule has 0 radical (unpaired) electrons. The second-order valence-electron chi connectivity index (χ2n) is 3.93. The molecule has 3 nitrogen and oxygen atoms in total. The normalized spacial score (nSPS) is 27.3. The molecule has 1 aliphatic heterocycles. The zero-order valence-electron chi connectivity index (χ0n) is 7.81. The molecule has 1 fully saturated rings. The number of hydrogen-bond acceptors (Lipinski definition) is 3. The molecule has 0 spiro atoms. The Morgan fingerprint density at radius 2 is 2.17 bits per heavy atom. The Morgan fingerprint density at radius 1 is 1.67 bits per heavy atom. The number of carbonyl (C=O) groups is 1. The van der Waals surface area contributed by atoms with E-state index in [9.17, 15) is 4.79 Å². The van der Waals surface area contributed by atoms with Crippen molar-refractivity contribution in [2.24, 2.45) is 5.92 Å². The maximum Gasteiger partial charge on any atom is 0.210 e. The van der Waals surface area contributed by atoms with Gasteiger partial charge in [0.1, 0.15) is 0 Å². The number of ether oxygens (including phenoxy) is 1. The van der Waals surface area contributed by atoms with Crippen LogP contribution < -0.4 is 0 Å². The van der Waals surface area contributed by atoms with E-state index in [-0.39, 0.29) is 11.5 Å². The summed E-state index contributed by atoms with van der Waals surface area (Å²) in [6.45, 7) is 6.21. The van der Waals surface area contributed by atoms with Crippen LogP contribution in [0.5, 0.6) is 0 Å². The van der Waals surface area contributed by atoms with Crippen molar-refractivity contribution in [3.63, 3.8) is 0 Å². The topological polar surface area (TPSA) is 53.5 Å². The fourth-order valence-corrected chi connectivity index (χ4v) is 1.06. The third kappa shape index (κ3) is 1.91. The zero-order chi connectivity index (χ0) is 9.35. The van der Waals surface area contributed by atoms with Crippen molar-refractivity contribution in [1.29, 1.82) is 5.41 Å². The zero-order valence-corrected chi connectivity index (χ0v) is 7.81. The van der Waals surface area contributed by atoms with Crippen molar-refractivity contribution < 1.29 is 9.53 Å². The van der Waals surface area contributed by atoms with Crippen LogP contribution in [0.25, 0.3) is 0 Å². The Balaban J connectivity index is 2.48. The first-order valence-electron chi connectivity index (χ1n) is 4.22.